The molecule has 0 radical (unpaired) electrons. The molecule has 0 aromatic rings. The van der Waals surface area contributed by atoms with Crippen molar-refractivity contribution in [2.24, 2.45) is 52.5 Å². The van der Waals surface area contributed by atoms with Crippen molar-refractivity contribution in [1.82, 2.24) is 4.90 Å². The predicted molar refractivity (Wildman–Crippen MR) is 267 cm³/mol. The molecule has 4 fully saturated rings. The summed E-state index contributed by atoms with van der Waals surface area (Å²) in [5, 5.41) is 38.9. The highest BCUT2D eigenvalue weighted by Crippen LogP contribution is 2.39. The third kappa shape index (κ3) is 16.1. The second-order valence-corrected chi connectivity index (χ2v) is 22.3. The van der Waals surface area contributed by atoms with Crippen LogP contribution < -0.4 is 0 Å². The van der Waals surface area contributed by atoms with Crippen LogP contribution >= 0.6 is 0 Å². The van der Waals surface area contributed by atoms with Gasteiger partial charge in [-0.2, -0.15) is 0 Å². The van der Waals surface area contributed by atoms with E-state index in [9.17, 15) is 24.9 Å². The summed E-state index contributed by atoms with van der Waals surface area (Å²) in [6.45, 7) is 30.4. The summed E-state index contributed by atoms with van der Waals surface area (Å²) in [5.41, 5.74) is -1.68. The molecule has 0 aromatic carbocycles. The standard InChI is InChI=1S/C52H92N2O16.CH4/c1-25(2)19-39(55)67-45-34(12)44(28(6)24-63-51-47(61-17)32(10)41(56)37(15)66-51)69-49(59)36(14)46(68-40-20-29(7)54(26(3)4)23-31(9)64-40)33(11)43(27(5)22-52(16,60)48(58)35(45)13)70-50-42(57)38(53-62-18)21-30(8)65-50;/h25-37,40-47,50-51,56-57,60H,19-24H2,1-18H3;1H4/b53-38+;/t27-,28-,29?,30+,31-,32+,33+,34-,35+,36+,37-,40-,41-,42+,43-,44+,45+,46-,47+,50-,51+,52-;/m0./s1. The molecule has 4 aliphatic rings. The number of cyclic esters (lactones) is 1. The van der Waals surface area contributed by atoms with E-state index in [4.69, 9.17) is 47.5 Å². The zero-order valence-corrected chi connectivity index (χ0v) is 45.6. The number of rotatable bonds is 14. The molecule has 0 bridgehead atoms. The Kier molecular flexibility index (Phi) is 24.3. The summed E-state index contributed by atoms with van der Waals surface area (Å²) in [5.74, 6) is -7.01. The van der Waals surface area contributed by atoms with E-state index >= 15 is 4.79 Å². The lowest BCUT2D eigenvalue weighted by Crippen LogP contribution is -2.55. The number of oxime groups is 1. The number of Topliss-reactive ketones (excluding diaryl/α,β-unsaturated/α-hetero) is 1. The predicted octanol–water partition coefficient (Wildman–Crippen LogP) is 6.31. The number of hydrogen-bond acceptors (Lipinski definition) is 18. The molecule has 4 heterocycles. The van der Waals surface area contributed by atoms with Crippen LogP contribution in [-0.4, -0.2) is 169 Å². The van der Waals surface area contributed by atoms with Crippen molar-refractivity contribution >= 4 is 23.4 Å². The summed E-state index contributed by atoms with van der Waals surface area (Å²) in [7, 11) is 2.91. The van der Waals surface area contributed by atoms with Crippen LogP contribution in [0.4, 0.5) is 0 Å². The van der Waals surface area contributed by atoms with E-state index in [1.807, 2.05) is 55.4 Å². The van der Waals surface area contributed by atoms with Gasteiger partial charge in [0.2, 0.25) is 0 Å². The minimum absolute atomic E-state index is 0. The number of aliphatic hydroxyl groups is 3. The Morgan fingerprint density at radius 1 is 0.817 bits per heavy atom. The molecule has 4 rings (SSSR count). The van der Waals surface area contributed by atoms with Gasteiger partial charge in [-0.15, -0.1) is 0 Å². The fourth-order valence-corrected chi connectivity index (χ4v) is 11.3. The van der Waals surface area contributed by atoms with E-state index in [0.29, 0.717) is 18.7 Å². The average Bonchev–Trinajstić information content (AvgIpc) is 3.42. The number of esters is 2. The maximum absolute atomic E-state index is 15.2. The lowest BCUT2D eigenvalue weighted by atomic mass is 9.74. The molecule has 3 N–H and O–H groups in total. The van der Waals surface area contributed by atoms with Gasteiger partial charge in [0.15, 0.2) is 24.7 Å². The van der Waals surface area contributed by atoms with E-state index in [2.05, 4.69) is 30.8 Å². The third-order valence-electron chi connectivity index (χ3n) is 15.1. The zero-order chi connectivity index (χ0) is 52.7. The van der Waals surface area contributed by atoms with Crippen molar-refractivity contribution in [2.75, 3.05) is 27.4 Å². The maximum atomic E-state index is 15.2. The van der Waals surface area contributed by atoms with Gasteiger partial charge in [0, 0.05) is 68.7 Å². The molecule has 18 nitrogen and oxygen atoms in total. The number of carbonyl (C=O) groups excluding carboxylic acids is 3. The Morgan fingerprint density at radius 3 is 2.06 bits per heavy atom. The Morgan fingerprint density at radius 2 is 1.46 bits per heavy atom. The molecule has 18 heteroatoms. The zero-order valence-electron chi connectivity index (χ0n) is 45.6. The molecule has 0 aromatic heterocycles. The largest absolute Gasteiger partial charge is 0.461 e. The first-order valence-electron chi connectivity index (χ1n) is 25.9. The number of carbonyl (C=O) groups is 3. The number of nitrogens with zero attached hydrogens (tertiary/aromatic N) is 2. The van der Waals surface area contributed by atoms with Crippen molar-refractivity contribution < 1.29 is 77.2 Å². The van der Waals surface area contributed by atoms with E-state index in [0.717, 1.165) is 0 Å². The topological polar surface area (TPSA) is 220 Å². The van der Waals surface area contributed by atoms with Crippen molar-refractivity contribution in [2.45, 2.75) is 241 Å². The number of ketones is 1. The normalized spacial score (nSPS) is 42.7. The fourth-order valence-electron chi connectivity index (χ4n) is 11.3. The molecule has 0 saturated carbocycles. The van der Waals surface area contributed by atoms with Gasteiger partial charge in [-0.05, 0) is 73.6 Å². The highest BCUT2D eigenvalue weighted by atomic mass is 16.7. The minimum atomic E-state index is -2.00. The average molecular weight is 1020 g/mol. The molecule has 0 amide bonds. The van der Waals surface area contributed by atoms with Crippen LogP contribution in [0.15, 0.2) is 5.16 Å². The van der Waals surface area contributed by atoms with Crippen LogP contribution in [0.3, 0.4) is 0 Å². The van der Waals surface area contributed by atoms with Gasteiger partial charge < -0.3 is 62.8 Å². The van der Waals surface area contributed by atoms with E-state index in [-0.39, 0.29) is 63.3 Å². The molecule has 71 heavy (non-hydrogen) atoms. The number of ether oxygens (including phenoxy) is 9. The van der Waals surface area contributed by atoms with Gasteiger partial charge >= 0.3 is 11.9 Å². The van der Waals surface area contributed by atoms with Gasteiger partial charge in [0.1, 0.15) is 37.1 Å². The molecule has 0 aliphatic carbocycles. The monoisotopic (exact) mass is 1020 g/mol. The third-order valence-corrected chi connectivity index (χ3v) is 15.1. The highest BCUT2D eigenvalue weighted by molar-refractivity contribution is 5.90. The Balaban J connectivity index is 0.0000133. The first-order chi connectivity index (χ1) is 32.6. The fraction of sp³-hybridized carbons (Fsp3) is 0.925. The van der Waals surface area contributed by atoms with Crippen molar-refractivity contribution in [3.05, 3.63) is 0 Å². The number of aliphatic hydroxyl groups excluding tert-OH is 2. The molecule has 414 valence electrons. The van der Waals surface area contributed by atoms with Crippen molar-refractivity contribution in [3.63, 3.8) is 0 Å². The van der Waals surface area contributed by atoms with E-state index < -0.39 is 133 Å². The quantitative estimate of drug-likeness (QED) is 0.128. The lowest BCUT2D eigenvalue weighted by molar-refractivity contribution is -0.288. The Labute approximate surface area is 425 Å². The van der Waals surface area contributed by atoms with Crippen LogP contribution in [0.25, 0.3) is 0 Å². The van der Waals surface area contributed by atoms with Crippen LogP contribution in [-0.2, 0) is 61.9 Å². The van der Waals surface area contributed by atoms with Crippen LogP contribution in [0, 0.1) is 47.3 Å². The summed E-state index contributed by atoms with van der Waals surface area (Å²) in [6, 6.07) is 0.281. The smallest absolute Gasteiger partial charge is 0.311 e. The molecular weight excluding hydrogens is 921 g/mol. The SMILES string of the molecule is C.CO/N=C1\C[C@@H](C)O[C@@H](O[C@@H]2[C@@H](C)[C@H](O[C@H]3CC(C)N(C(C)C)C[C@H](C)O3)[C@@H](C)C(=O)O[C@H]([C@@H](C)CO[C@@H]3O[C@@H](C)[C@@H](O)[C@@H](C)[C@H]3OC)[C@H](C)[C@@H](OC(=O)CC(C)C)[C@@H](C)C(=O)[C@@](C)(O)C[C@@H]2C)[C@@H]1O. The summed E-state index contributed by atoms with van der Waals surface area (Å²) < 4.78 is 57.9. The van der Waals surface area contributed by atoms with Gasteiger partial charge in [-0.1, -0.05) is 68.0 Å². The molecule has 4 aliphatic heterocycles. The Hall–Kier alpha value is -2.36. The number of methoxy groups -OCH3 is 1. The maximum Gasteiger partial charge on any atom is 0.311 e. The summed E-state index contributed by atoms with van der Waals surface area (Å²) in [6.07, 6.45) is -10.3. The highest BCUT2D eigenvalue weighted by Gasteiger charge is 2.51. The second-order valence-electron chi connectivity index (χ2n) is 22.3. The van der Waals surface area contributed by atoms with Crippen molar-refractivity contribution in [3.8, 4) is 0 Å². The molecule has 4 saturated heterocycles. The van der Waals surface area contributed by atoms with Crippen LogP contribution in [0.5, 0.6) is 0 Å². The summed E-state index contributed by atoms with van der Waals surface area (Å²) in [4.78, 5) is 51.2. The molecule has 1 unspecified atom stereocenters. The van der Waals surface area contributed by atoms with Crippen LogP contribution in [0.2, 0.25) is 0 Å². The second kappa shape index (κ2) is 27.4. The molecule has 22 atom stereocenters. The summed E-state index contributed by atoms with van der Waals surface area (Å²) >= 11 is 0. The lowest BCUT2D eigenvalue weighted by Gasteiger charge is -2.44. The molecular formula is C53H96N2O16. The van der Waals surface area contributed by atoms with E-state index in [1.165, 1.54) is 21.1 Å². The minimum Gasteiger partial charge on any atom is -0.461 e. The first kappa shape index (κ1) is 62.9. The molecule has 0 spiro atoms. The first-order valence-corrected chi connectivity index (χ1v) is 25.9. The Bertz CT molecular complexity index is 1700. The number of hydrogen-bond donors (Lipinski definition) is 3. The van der Waals surface area contributed by atoms with Gasteiger partial charge in [-0.25, -0.2) is 0 Å². The van der Waals surface area contributed by atoms with Gasteiger partial charge in [0.25, 0.3) is 0 Å². The van der Waals surface area contributed by atoms with Crippen molar-refractivity contribution in [1.29, 1.82) is 0 Å². The van der Waals surface area contributed by atoms with Gasteiger partial charge in [0.05, 0.1) is 60.8 Å². The van der Waals surface area contributed by atoms with Gasteiger partial charge in [-0.3, -0.25) is 19.3 Å². The van der Waals surface area contributed by atoms with Crippen LogP contribution in [0.1, 0.15) is 144 Å². The van der Waals surface area contributed by atoms with E-state index in [1.54, 1.807) is 27.7 Å².